The molecule has 0 spiro atoms. The van der Waals surface area contributed by atoms with Crippen molar-refractivity contribution in [3.8, 4) is 10.4 Å². The van der Waals surface area contributed by atoms with E-state index in [0.717, 1.165) is 39.1 Å². The molecule has 0 aliphatic heterocycles. The lowest BCUT2D eigenvalue weighted by molar-refractivity contribution is 0.754. The van der Waals surface area contributed by atoms with Crippen molar-refractivity contribution < 1.29 is 0 Å². The third-order valence-corrected chi connectivity index (χ3v) is 6.29. The monoisotopic (exact) mass is 374 g/mol. The molecule has 0 saturated carbocycles. The fourth-order valence-corrected chi connectivity index (χ4v) is 5.11. The molecule has 2 aromatic carbocycles. The van der Waals surface area contributed by atoms with Crippen LogP contribution in [0.3, 0.4) is 0 Å². The molecule has 0 radical (unpaired) electrons. The fourth-order valence-electron chi connectivity index (χ4n) is 3.84. The molecule has 27 heavy (non-hydrogen) atoms. The smallest absolute Gasteiger partial charge is 0.264 e. The van der Waals surface area contributed by atoms with Gasteiger partial charge in [0, 0.05) is 4.88 Å². The third kappa shape index (κ3) is 2.57. The van der Waals surface area contributed by atoms with Crippen LogP contribution < -0.4 is 16.8 Å². The second kappa shape index (κ2) is 6.33. The first-order valence-corrected chi connectivity index (χ1v) is 9.73. The molecule has 0 fully saturated rings. The number of nitrogens with one attached hydrogen (secondary N) is 1. The van der Waals surface area contributed by atoms with Crippen LogP contribution in [-0.2, 0) is 19.4 Å². The molecule has 0 atom stereocenters. The van der Waals surface area contributed by atoms with E-state index in [1.54, 1.807) is 15.9 Å². The Labute approximate surface area is 160 Å². The van der Waals surface area contributed by atoms with Crippen molar-refractivity contribution in [2.75, 3.05) is 5.43 Å². The van der Waals surface area contributed by atoms with Gasteiger partial charge in [0.15, 0.2) is 0 Å². The van der Waals surface area contributed by atoms with Crippen LogP contribution in [0, 0.1) is 0 Å². The first kappa shape index (κ1) is 16.2. The van der Waals surface area contributed by atoms with Crippen molar-refractivity contribution in [1.29, 1.82) is 0 Å². The summed E-state index contributed by atoms with van der Waals surface area (Å²) in [5.74, 6) is 6.09. The van der Waals surface area contributed by atoms with Gasteiger partial charge in [-0.2, -0.15) is 0 Å². The largest absolute Gasteiger partial charge is 0.294 e. The summed E-state index contributed by atoms with van der Waals surface area (Å²) in [5, 5.41) is 0.736. The van der Waals surface area contributed by atoms with E-state index in [0.29, 0.717) is 12.5 Å². The van der Waals surface area contributed by atoms with Gasteiger partial charge in [-0.1, -0.05) is 54.6 Å². The Kier molecular flexibility index (Phi) is 3.81. The van der Waals surface area contributed by atoms with Crippen molar-refractivity contribution in [2.24, 2.45) is 5.84 Å². The standard InChI is InChI=1S/C21H18N4OS/c22-24-21-23-19-17(20(26)25(21)12-13-6-2-1-3-7-13)16-11-10-14-8-4-5-9-15(14)18(16)27-19/h1-9H,10-12,22H2,(H,23,24). The predicted molar refractivity (Wildman–Crippen MR) is 110 cm³/mol. The summed E-state index contributed by atoms with van der Waals surface area (Å²) < 4.78 is 1.63. The highest BCUT2D eigenvalue weighted by molar-refractivity contribution is 7.22. The Hall–Kier alpha value is -2.96. The zero-order valence-corrected chi connectivity index (χ0v) is 15.4. The summed E-state index contributed by atoms with van der Waals surface area (Å²) in [6.45, 7) is 0.434. The van der Waals surface area contributed by atoms with Crippen LogP contribution in [0.5, 0.6) is 0 Å². The number of fused-ring (bicyclic) bond motifs is 5. The fraction of sp³-hybridized carbons (Fsp3) is 0.143. The van der Waals surface area contributed by atoms with Crippen LogP contribution in [0.25, 0.3) is 20.7 Å². The number of benzene rings is 2. The molecule has 5 nitrogen and oxygen atoms in total. The second-order valence-corrected chi connectivity index (χ2v) is 7.70. The molecule has 1 aliphatic rings. The minimum absolute atomic E-state index is 0.0336. The quantitative estimate of drug-likeness (QED) is 0.425. The number of hydrogen-bond donors (Lipinski definition) is 2. The van der Waals surface area contributed by atoms with Crippen molar-refractivity contribution >= 4 is 27.5 Å². The molecule has 4 aromatic rings. The van der Waals surface area contributed by atoms with E-state index >= 15 is 0 Å². The van der Waals surface area contributed by atoms with E-state index in [1.807, 2.05) is 36.4 Å². The van der Waals surface area contributed by atoms with Gasteiger partial charge in [-0.15, -0.1) is 11.3 Å². The Balaban J connectivity index is 1.75. The highest BCUT2D eigenvalue weighted by atomic mass is 32.1. The summed E-state index contributed by atoms with van der Waals surface area (Å²) in [6.07, 6.45) is 1.81. The number of aryl methyl sites for hydroxylation is 2. The molecule has 0 unspecified atom stereocenters. The molecule has 134 valence electrons. The lowest BCUT2D eigenvalue weighted by Crippen LogP contribution is -2.27. The maximum absolute atomic E-state index is 13.4. The SMILES string of the molecule is NNc1nc2sc3c(c2c(=O)n1Cc1ccccc1)CCc1ccccc1-3. The van der Waals surface area contributed by atoms with Crippen molar-refractivity contribution in [3.63, 3.8) is 0 Å². The molecular weight excluding hydrogens is 356 g/mol. The normalized spacial score (nSPS) is 12.6. The van der Waals surface area contributed by atoms with Crippen LogP contribution in [-0.4, -0.2) is 9.55 Å². The molecule has 3 N–H and O–H groups in total. The van der Waals surface area contributed by atoms with Crippen LogP contribution in [0.1, 0.15) is 16.7 Å². The number of nitrogens with two attached hydrogens (primary N) is 1. The van der Waals surface area contributed by atoms with Crippen LogP contribution >= 0.6 is 11.3 Å². The van der Waals surface area contributed by atoms with Gasteiger partial charge in [0.25, 0.3) is 5.56 Å². The Morgan fingerprint density at radius 1 is 1.07 bits per heavy atom. The Morgan fingerprint density at radius 3 is 2.67 bits per heavy atom. The maximum atomic E-state index is 13.4. The van der Waals surface area contributed by atoms with E-state index in [4.69, 9.17) is 5.84 Å². The molecular formula is C21H18N4OS. The van der Waals surface area contributed by atoms with Crippen molar-refractivity contribution in [2.45, 2.75) is 19.4 Å². The average Bonchev–Trinajstić information content (AvgIpc) is 3.10. The molecule has 1 aliphatic carbocycles. The number of aromatic nitrogens is 2. The Bertz CT molecular complexity index is 1210. The summed E-state index contributed by atoms with van der Waals surface area (Å²) in [7, 11) is 0. The maximum Gasteiger partial charge on any atom is 0.264 e. The van der Waals surface area contributed by atoms with Crippen LogP contribution in [0.15, 0.2) is 59.4 Å². The number of hydrazine groups is 1. The van der Waals surface area contributed by atoms with Gasteiger partial charge >= 0.3 is 0 Å². The highest BCUT2D eigenvalue weighted by Gasteiger charge is 2.25. The topological polar surface area (TPSA) is 72.9 Å². The first-order chi connectivity index (χ1) is 13.3. The van der Waals surface area contributed by atoms with Crippen LogP contribution in [0.4, 0.5) is 5.95 Å². The van der Waals surface area contributed by atoms with Gasteiger partial charge in [-0.3, -0.25) is 14.8 Å². The zero-order chi connectivity index (χ0) is 18.4. The molecule has 0 amide bonds. The van der Waals surface area contributed by atoms with E-state index < -0.39 is 0 Å². The zero-order valence-electron chi connectivity index (χ0n) is 14.6. The van der Waals surface area contributed by atoms with Gasteiger partial charge < -0.3 is 0 Å². The number of rotatable bonds is 3. The van der Waals surface area contributed by atoms with Gasteiger partial charge in [0.1, 0.15) is 4.83 Å². The minimum Gasteiger partial charge on any atom is -0.294 e. The molecule has 2 heterocycles. The lowest BCUT2D eigenvalue weighted by atomic mass is 9.90. The third-order valence-electron chi connectivity index (χ3n) is 5.13. The molecule has 6 heteroatoms. The van der Waals surface area contributed by atoms with Crippen molar-refractivity contribution in [1.82, 2.24) is 9.55 Å². The van der Waals surface area contributed by atoms with E-state index in [1.165, 1.54) is 11.1 Å². The number of hydrogen-bond acceptors (Lipinski definition) is 5. The van der Waals surface area contributed by atoms with E-state index in [-0.39, 0.29) is 5.56 Å². The van der Waals surface area contributed by atoms with E-state index in [2.05, 4.69) is 28.6 Å². The van der Waals surface area contributed by atoms with Gasteiger partial charge in [-0.05, 0) is 35.1 Å². The Morgan fingerprint density at radius 2 is 1.85 bits per heavy atom. The first-order valence-electron chi connectivity index (χ1n) is 8.91. The molecule has 0 bridgehead atoms. The average molecular weight is 374 g/mol. The van der Waals surface area contributed by atoms with Crippen molar-refractivity contribution in [3.05, 3.63) is 81.6 Å². The summed E-state index contributed by atoms with van der Waals surface area (Å²) in [6, 6.07) is 18.3. The number of thiophene rings is 1. The number of nitrogens with zero attached hydrogens (tertiary/aromatic N) is 2. The summed E-state index contributed by atoms with van der Waals surface area (Å²) >= 11 is 1.58. The minimum atomic E-state index is -0.0336. The van der Waals surface area contributed by atoms with Gasteiger partial charge in [0.2, 0.25) is 5.95 Å². The predicted octanol–water partition coefficient (Wildman–Crippen LogP) is 3.56. The summed E-state index contributed by atoms with van der Waals surface area (Å²) in [4.78, 5) is 20.0. The molecule has 2 aromatic heterocycles. The highest BCUT2D eigenvalue weighted by Crippen LogP contribution is 2.42. The van der Waals surface area contributed by atoms with Crippen LogP contribution in [0.2, 0.25) is 0 Å². The number of nitrogen functional groups attached to an aromatic ring is 1. The lowest BCUT2D eigenvalue weighted by Gasteiger charge is -2.16. The van der Waals surface area contributed by atoms with Gasteiger partial charge in [-0.25, -0.2) is 10.8 Å². The second-order valence-electron chi connectivity index (χ2n) is 6.70. The molecule has 5 rings (SSSR count). The molecule has 0 saturated heterocycles. The van der Waals surface area contributed by atoms with E-state index in [9.17, 15) is 4.79 Å². The summed E-state index contributed by atoms with van der Waals surface area (Å²) in [5.41, 5.74) is 7.28. The number of anilines is 1. The van der Waals surface area contributed by atoms with Gasteiger partial charge in [0.05, 0.1) is 11.9 Å².